The van der Waals surface area contributed by atoms with Gasteiger partial charge in [0, 0.05) is 18.9 Å². The molecule has 1 saturated heterocycles. The Morgan fingerprint density at radius 1 is 0.479 bits per heavy atom. The van der Waals surface area contributed by atoms with Crippen LogP contribution in [-0.2, 0) is 9.47 Å². The van der Waals surface area contributed by atoms with Crippen LogP contribution in [-0.4, -0.2) is 42.5 Å². The fourth-order valence-electron chi connectivity index (χ4n) is 8.07. The number of fused-ring (bicyclic) bond motifs is 1. The summed E-state index contributed by atoms with van der Waals surface area (Å²) in [5, 5.41) is 0. The maximum absolute atomic E-state index is 6.89. The molecule has 0 spiro atoms. The SMILES string of the molecule is CCCCC/C=C\C/C=C\CCCCCCCCC1(CCCCCCCCCCCCCCCCCC)O[C@H]2C[C@H](N(C)CC)C[C@H]2O1. The summed E-state index contributed by atoms with van der Waals surface area (Å²) in [5.74, 6) is -0.295. The lowest BCUT2D eigenvalue weighted by Gasteiger charge is -2.31. The summed E-state index contributed by atoms with van der Waals surface area (Å²) < 4.78 is 13.8. The van der Waals surface area contributed by atoms with Crippen molar-refractivity contribution < 1.29 is 9.47 Å². The van der Waals surface area contributed by atoms with E-state index in [0.717, 1.165) is 38.6 Å². The van der Waals surface area contributed by atoms with Crippen molar-refractivity contribution in [2.75, 3.05) is 13.6 Å². The van der Waals surface area contributed by atoms with Crippen molar-refractivity contribution in [3.05, 3.63) is 24.3 Å². The Labute approximate surface area is 301 Å². The molecule has 0 radical (unpaired) electrons. The van der Waals surface area contributed by atoms with E-state index in [-0.39, 0.29) is 5.79 Å². The molecule has 48 heavy (non-hydrogen) atoms. The second-order valence-corrected chi connectivity index (χ2v) is 15.8. The minimum atomic E-state index is -0.295. The molecule has 0 aromatic rings. The van der Waals surface area contributed by atoms with Crippen LogP contribution < -0.4 is 0 Å². The molecule has 0 aromatic carbocycles. The van der Waals surface area contributed by atoms with Crippen LogP contribution in [0.2, 0.25) is 0 Å². The molecule has 1 unspecified atom stereocenters. The highest BCUT2D eigenvalue weighted by Gasteiger charge is 2.51. The summed E-state index contributed by atoms with van der Waals surface area (Å²) in [6, 6.07) is 0.625. The zero-order valence-electron chi connectivity index (χ0n) is 33.1. The first kappa shape index (κ1) is 43.5. The lowest BCUT2D eigenvalue weighted by Crippen LogP contribution is -2.35. The van der Waals surface area contributed by atoms with Crippen LogP contribution in [0.15, 0.2) is 24.3 Å². The molecule has 0 aromatic heterocycles. The van der Waals surface area contributed by atoms with E-state index in [1.807, 2.05) is 0 Å². The lowest BCUT2D eigenvalue weighted by molar-refractivity contribution is -0.193. The van der Waals surface area contributed by atoms with Gasteiger partial charge in [-0.05, 0) is 71.4 Å². The Morgan fingerprint density at radius 3 is 1.25 bits per heavy atom. The van der Waals surface area contributed by atoms with Crippen LogP contribution in [0.5, 0.6) is 0 Å². The van der Waals surface area contributed by atoms with Crippen LogP contribution in [0.1, 0.15) is 226 Å². The lowest BCUT2D eigenvalue weighted by atomic mass is 9.98. The number of unbranched alkanes of at least 4 members (excludes halogenated alkanes) is 24. The van der Waals surface area contributed by atoms with E-state index in [0.29, 0.717) is 18.2 Å². The first-order chi connectivity index (χ1) is 23.6. The van der Waals surface area contributed by atoms with E-state index in [1.165, 1.54) is 173 Å². The van der Waals surface area contributed by atoms with Gasteiger partial charge in [-0.3, -0.25) is 0 Å². The minimum Gasteiger partial charge on any atom is -0.344 e. The van der Waals surface area contributed by atoms with Crippen molar-refractivity contribution >= 4 is 0 Å². The average molecular weight is 672 g/mol. The first-order valence-electron chi connectivity index (χ1n) is 22.0. The van der Waals surface area contributed by atoms with E-state index in [9.17, 15) is 0 Å². The van der Waals surface area contributed by atoms with Crippen LogP contribution in [0.4, 0.5) is 0 Å². The Balaban J connectivity index is 1.54. The van der Waals surface area contributed by atoms with Crippen LogP contribution in [0.25, 0.3) is 0 Å². The standard InChI is InChI=1S/C45H85NO2/c1-5-8-10-12-14-16-18-20-22-24-26-28-30-32-34-36-38-45(47-43-40-42(46(4)7-3)41-44(43)48-45)39-37-35-33-31-29-27-25-23-21-19-17-15-13-11-9-6-2/h14,16,20,22,42-44H,5-13,15,17-19,21,23-41H2,1-4H3/b16-14-,22-20-/t42-,43-,44+,45?. The Morgan fingerprint density at radius 2 is 0.833 bits per heavy atom. The number of allylic oxidation sites excluding steroid dienone is 4. The summed E-state index contributed by atoms with van der Waals surface area (Å²) in [6.45, 7) is 7.96. The normalized spacial score (nSPS) is 22.6. The van der Waals surface area contributed by atoms with Gasteiger partial charge in [0.25, 0.3) is 0 Å². The maximum atomic E-state index is 6.89. The zero-order chi connectivity index (χ0) is 34.4. The molecular weight excluding hydrogens is 587 g/mol. The van der Waals surface area contributed by atoms with E-state index in [4.69, 9.17) is 9.47 Å². The highest BCUT2D eigenvalue weighted by molar-refractivity contribution is 4.97. The first-order valence-corrected chi connectivity index (χ1v) is 22.0. The third-order valence-corrected chi connectivity index (χ3v) is 11.4. The predicted molar refractivity (Wildman–Crippen MR) is 212 cm³/mol. The van der Waals surface area contributed by atoms with Gasteiger partial charge in [-0.25, -0.2) is 0 Å². The van der Waals surface area contributed by atoms with Crippen molar-refractivity contribution in [1.82, 2.24) is 4.90 Å². The number of ether oxygens (including phenoxy) is 2. The van der Waals surface area contributed by atoms with Crippen molar-refractivity contribution in [3.8, 4) is 0 Å². The molecule has 0 bridgehead atoms. The topological polar surface area (TPSA) is 21.7 Å². The number of nitrogens with zero attached hydrogens (tertiary/aromatic N) is 1. The summed E-state index contributed by atoms with van der Waals surface area (Å²) in [6.07, 6.45) is 52.9. The second-order valence-electron chi connectivity index (χ2n) is 15.8. The van der Waals surface area contributed by atoms with Gasteiger partial charge < -0.3 is 14.4 Å². The van der Waals surface area contributed by atoms with E-state index >= 15 is 0 Å². The highest BCUT2D eigenvalue weighted by atomic mass is 16.8. The smallest absolute Gasteiger partial charge is 0.169 e. The number of hydrogen-bond donors (Lipinski definition) is 0. The molecule has 1 aliphatic heterocycles. The van der Waals surface area contributed by atoms with Gasteiger partial charge >= 0.3 is 0 Å². The maximum Gasteiger partial charge on any atom is 0.169 e. The molecule has 1 aliphatic carbocycles. The number of hydrogen-bond acceptors (Lipinski definition) is 3. The molecule has 1 heterocycles. The van der Waals surface area contributed by atoms with Crippen LogP contribution >= 0.6 is 0 Å². The Kier molecular flexibility index (Phi) is 27.2. The fourth-order valence-corrected chi connectivity index (χ4v) is 8.07. The monoisotopic (exact) mass is 672 g/mol. The van der Waals surface area contributed by atoms with Crippen LogP contribution in [0, 0.1) is 0 Å². The van der Waals surface area contributed by atoms with Crippen molar-refractivity contribution in [1.29, 1.82) is 0 Å². The molecule has 0 amide bonds. The zero-order valence-corrected chi connectivity index (χ0v) is 33.1. The Bertz CT molecular complexity index is 748. The molecule has 2 aliphatic rings. The molecule has 2 rings (SSSR count). The molecule has 282 valence electrons. The molecule has 3 nitrogen and oxygen atoms in total. The van der Waals surface area contributed by atoms with Crippen molar-refractivity contribution in [3.63, 3.8) is 0 Å². The summed E-state index contributed by atoms with van der Waals surface area (Å²) >= 11 is 0. The van der Waals surface area contributed by atoms with Gasteiger partial charge in [-0.2, -0.15) is 0 Å². The van der Waals surface area contributed by atoms with Gasteiger partial charge in [0.2, 0.25) is 0 Å². The number of rotatable bonds is 34. The largest absolute Gasteiger partial charge is 0.344 e. The van der Waals surface area contributed by atoms with Gasteiger partial charge in [-0.1, -0.05) is 180 Å². The molecule has 3 heteroatoms. The third-order valence-electron chi connectivity index (χ3n) is 11.4. The molecular formula is C45H85NO2. The third kappa shape index (κ3) is 20.9. The van der Waals surface area contributed by atoms with Gasteiger partial charge in [0.1, 0.15) is 0 Å². The van der Waals surface area contributed by atoms with E-state index in [1.54, 1.807) is 0 Å². The Hall–Kier alpha value is -0.640. The van der Waals surface area contributed by atoms with Gasteiger partial charge in [-0.15, -0.1) is 0 Å². The van der Waals surface area contributed by atoms with Crippen molar-refractivity contribution in [2.24, 2.45) is 0 Å². The summed E-state index contributed by atoms with van der Waals surface area (Å²) in [7, 11) is 2.26. The van der Waals surface area contributed by atoms with E-state index < -0.39 is 0 Å². The van der Waals surface area contributed by atoms with Gasteiger partial charge in [0.15, 0.2) is 5.79 Å². The van der Waals surface area contributed by atoms with Crippen molar-refractivity contribution in [2.45, 2.75) is 250 Å². The van der Waals surface area contributed by atoms with E-state index in [2.05, 4.69) is 57.0 Å². The second kappa shape index (κ2) is 30.0. The predicted octanol–water partition coefficient (Wildman–Crippen LogP) is 14.4. The quantitative estimate of drug-likeness (QED) is 0.0502. The molecule has 2 fully saturated rings. The molecule has 4 atom stereocenters. The summed E-state index contributed by atoms with van der Waals surface area (Å²) in [4.78, 5) is 2.49. The van der Waals surface area contributed by atoms with Crippen LogP contribution in [0.3, 0.4) is 0 Å². The highest BCUT2D eigenvalue weighted by Crippen LogP contribution is 2.44. The molecule has 0 N–H and O–H groups in total. The van der Waals surface area contributed by atoms with Gasteiger partial charge in [0.05, 0.1) is 12.2 Å². The fraction of sp³-hybridized carbons (Fsp3) is 0.911. The average Bonchev–Trinajstić information content (AvgIpc) is 3.64. The molecule has 1 saturated carbocycles. The minimum absolute atomic E-state index is 0.295. The summed E-state index contributed by atoms with van der Waals surface area (Å²) in [5.41, 5.74) is 0.